The lowest BCUT2D eigenvalue weighted by molar-refractivity contribution is -0.133. The second kappa shape index (κ2) is 3.38. The van der Waals surface area contributed by atoms with Crippen LogP contribution in [0.5, 0.6) is 5.88 Å². The summed E-state index contributed by atoms with van der Waals surface area (Å²) in [7, 11) is 0. The van der Waals surface area contributed by atoms with Gasteiger partial charge in [0.25, 0.3) is 5.56 Å². The topological polar surface area (TPSA) is 86.3 Å². The van der Waals surface area contributed by atoms with Crippen molar-refractivity contribution in [1.29, 1.82) is 0 Å². The van der Waals surface area contributed by atoms with Gasteiger partial charge in [-0.2, -0.15) is 4.98 Å². The number of H-pyrrole nitrogens is 1. The van der Waals surface area contributed by atoms with Crippen LogP contribution in [-0.2, 0) is 4.79 Å². The number of hydrogen-bond donors (Lipinski definition) is 2. The van der Waals surface area contributed by atoms with Crippen molar-refractivity contribution in [2.45, 2.75) is 12.8 Å². The third kappa shape index (κ3) is 1.83. The first-order valence-corrected chi connectivity index (χ1v) is 4.62. The molecule has 1 aliphatic heterocycles. The standard InChI is InChI=1S/C9H11N3O3/c1-5(13)12-3-6(4-12)9-10-7(14)2-8(15)11-9/h2,6H,3-4H2,1H3,(H2,10,11,14,15). The molecular weight excluding hydrogens is 198 g/mol. The number of hydrogen-bond acceptors (Lipinski definition) is 4. The van der Waals surface area contributed by atoms with E-state index in [-0.39, 0.29) is 23.3 Å². The van der Waals surface area contributed by atoms with Crippen molar-refractivity contribution in [1.82, 2.24) is 14.9 Å². The van der Waals surface area contributed by atoms with Crippen molar-refractivity contribution >= 4 is 5.91 Å². The normalized spacial score (nSPS) is 16.2. The van der Waals surface area contributed by atoms with Gasteiger partial charge in [-0.1, -0.05) is 0 Å². The fraction of sp³-hybridized carbons (Fsp3) is 0.444. The lowest BCUT2D eigenvalue weighted by Crippen LogP contribution is -2.48. The van der Waals surface area contributed by atoms with Crippen molar-refractivity contribution in [3.8, 4) is 5.88 Å². The Morgan fingerprint density at radius 1 is 1.67 bits per heavy atom. The van der Waals surface area contributed by atoms with Crippen LogP contribution in [0.1, 0.15) is 18.7 Å². The van der Waals surface area contributed by atoms with Gasteiger partial charge < -0.3 is 15.0 Å². The molecule has 0 radical (unpaired) electrons. The van der Waals surface area contributed by atoms with E-state index < -0.39 is 0 Å². The van der Waals surface area contributed by atoms with Crippen LogP contribution in [0, 0.1) is 0 Å². The molecule has 2 rings (SSSR count). The highest BCUT2D eigenvalue weighted by Crippen LogP contribution is 2.24. The summed E-state index contributed by atoms with van der Waals surface area (Å²) in [6.07, 6.45) is 0. The van der Waals surface area contributed by atoms with Gasteiger partial charge in [-0.25, -0.2) is 0 Å². The fourth-order valence-electron chi connectivity index (χ4n) is 1.57. The van der Waals surface area contributed by atoms with Crippen LogP contribution in [0.4, 0.5) is 0 Å². The average molecular weight is 209 g/mol. The van der Waals surface area contributed by atoms with E-state index in [1.807, 2.05) is 0 Å². The van der Waals surface area contributed by atoms with Crippen LogP contribution in [0.2, 0.25) is 0 Å². The Morgan fingerprint density at radius 2 is 2.33 bits per heavy atom. The fourth-order valence-corrected chi connectivity index (χ4v) is 1.57. The maximum absolute atomic E-state index is 11.0. The molecule has 0 atom stereocenters. The van der Waals surface area contributed by atoms with E-state index in [0.717, 1.165) is 6.07 Å². The number of likely N-dealkylation sites (tertiary alicyclic amines) is 1. The molecule has 1 aromatic heterocycles. The van der Waals surface area contributed by atoms with E-state index in [0.29, 0.717) is 18.9 Å². The largest absolute Gasteiger partial charge is 0.493 e. The Bertz CT molecular complexity index is 448. The Kier molecular flexibility index (Phi) is 2.18. The van der Waals surface area contributed by atoms with Gasteiger partial charge in [0.15, 0.2) is 0 Å². The molecule has 0 bridgehead atoms. The Hall–Kier alpha value is -1.85. The number of carbonyl (C=O) groups is 1. The first-order valence-electron chi connectivity index (χ1n) is 4.62. The van der Waals surface area contributed by atoms with Crippen LogP contribution in [0.3, 0.4) is 0 Å². The zero-order valence-electron chi connectivity index (χ0n) is 8.23. The monoisotopic (exact) mass is 209 g/mol. The molecule has 2 heterocycles. The average Bonchev–Trinajstić information content (AvgIpc) is 1.97. The summed E-state index contributed by atoms with van der Waals surface area (Å²) in [6.45, 7) is 2.58. The van der Waals surface area contributed by atoms with Gasteiger partial charge in [0.1, 0.15) is 5.82 Å². The zero-order chi connectivity index (χ0) is 11.0. The maximum atomic E-state index is 11.0. The summed E-state index contributed by atoms with van der Waals surface area (Å²) in [5.74, 6) is 0.190. The third-order valence-corrected chi connectivity index (χ3v) is 2.46. The summed E-state index contributed by atoms with van der Waals surface area (Å²) in [5, 5.41) is 9.13. The molecule has 0 aromatic carbocycles. The predicted octanol–water partition coefficient (Wildman–Crippen LogP) is -0.579. The van der Waals surface area contributed by atoms with E-state index >= 15 is 0 Å². The summed E-state index contributed by atoms with van der Waals surface area (Å²) in [4.78, 5) is 30.0. The molecule has 0 unspecified atom stereocenters. The maximum Gasteiger partial charge on any atom is 0.254 e. The minimum atomic E-state index is -0.376. The van der Waals surface area contributed by atoms with Gasteiger partial charge in [-0.15, -0.1) is 0 Å². The number of rotatable bonds is 1. The first-order chi connectivity index (χ1) is 7.06. The van der Waals surface area contributed by atoms with Gasteiger partial charge in [0.2, 0.25) is 11.8 Å². The molecule has 1 aliphatic rings. The van der Waals surface area contributed by atoms with E-state index in [1.54, 1.807) is 4.90 Å². The molecular formula is C9H11N3O3. The minimum absolute atomic E-state index is 0.00810. The van der Waals surface area contributed by atoms with Crippen LogP contribution >= 0.6 is 0 Å². The molecule has 15 heavy (non-hydrogen) atoms. The molecule has 6 nitrogen and oxygen atoms in total. The highest BCUT2D eigenvalue weighted by atomic mass is 16.3. The summed E-state index contributed by atoms with van der Waals surface area (Å²) in [5.41, 5.74) is -0.376. The van der Waals surface area contributed by atoms with Gasteiger partial charge in [0, 0.05) is 20.0 Å². The number of nitrogens with zero attached hydrogens (tertiary/aromatic N) is 2. The molecule has 80 valence electrons. The predicted molar refractivity (Wildman–Crippen MR) is 51.5 cm³/mol. The third-order valence-electron chi connectivity index (χ3n) is 2.46. The van der Waals surface area contributed by atoms with Crippen LogP contribution in [0.15, 0.2) is 10.9 Å². The molecule has 0 spiro atoms. The number of aromatic amines is 1. The van der Waals surface area contributed by atoms with Crippen LogP contribution in [-0.4, -0.2) is 39.0 Å². The van der Waals surface area contributed by atoms with Gasteiger partial charge in [-0.05, 0) is 0 Å². The molecule has 1 amide bonds. The second-order valence-corrected chi connectivity index (χ2v) is 3.61. The van der Waals surface area contributed by atoms with Crippen molar-refractivity contribution in [2.75, 3.05) is 13.1 Å². The Balaban J connectivity index is 2.13. The van der Waals surface area contributed by atoms with E-state index in [9.17, 15) is 9.59 Å². The smallest absolute Gasteiger partial charge is 0.254 e. The molecule has 1 aromatic rings. The number of carbonyl (C=O) groups excluding carboxylic acids is 1. The summed E-state index contributed by atoms with van der Waals surface area (Å²) < 4.78 is 0. The molecule has 6 heteroatoms. The Labute approximate surface area is 85.6 Å². The van der Waals surface area contributed by atoms with Crippen molar-refractivity contribution < 1.29 is 9.90 Å². The SMILES string of the molecule is CC(=O)N1CC(c2nc(O)cc(=O)[nH]2)C1. The number of aromatic hydroxyl groups is 1. The molecule has 0 saturated carbocycles. The van der Waals surface area contributed by atoms with E-state index in [4.69, 9.17) is 5.11 Å². The quantitative estimate of drug-likeness (QED) is 0.648. The van der Waals surface area contributed by atoms with Gasteiger partial charge >= 0.3 is 0 Å². The van der Waals surface area contributed by atoms with Crippen molar-refractivity contribution in [3.05, 3.63) is 22.2 Å². The van der Waals surface area contributed by atoms with Crippen LogP contribution in [0.25, 0.3) is 0 Å². The number of amides is 1. The lowest BCUT2D eigenvalue weighted by atomic mass is 9.99. The molecule has 1 fully saturated rings. The minimum Gasteiger partial charge on any atom is -0.493 e. The Morgan fingerprint density at radius 3 is 2.87 bits per heavy atom. The second-order valence-electron chi connectivity index (χ2n) is 3.61. The highest BCUT2D eigenvalue weighted by molar-refractivity contribution is 5.74. The number of nitrogens with one attached hydrogen (secondary N) is 1. The van der Waals surface area contributed by atoms with Crippen molar-refractivity contribution in [3.63, 3.8) is 0 Å². The lowest BCUT2D eigenvalue weighted by Gasteiger charge is -2.37. The molecule has 1 saturated heterocycles. The van der Waals surface area contributed by atoms with E-state index in [2.05, 4.69) is 9.97 Å². The summed E-state index contributed by atoms with van der Waals surface area (Å²) >= 11 is 0. The number of aromatic nitrogens is 2. The molecule has 0 aliphatic carbocycles. The van der Waals surface area contributed by atoms with Gasteiger partial charge in [0.05, 0.1) is 12.0 Å². The van der Waals surface area contributed by atoms with Crippen molar-refractivity contribution in [2.24, 2.45) is 0 Å². The van der Waals surface area contributed by atoms with Crippen LogP contribution < -0.4 is 5.56 Å². The highest BCUT2D eigenvalue weighted by Gasteiger charge is 2.31. The summed E-state index contributed by atoms with van der Waals surface area (Å²) in [6, 6.07) is 1.02. The first kappa shape index (κ1) is 9.70. The van der Waals surface area contributed by atoms with Gasteiger partial charge in [-0.3, -0.25) is 9.59 Å². The van der Waals surface area contributed by atoms with E-state index in [1.165, 1.54) is 6.92 Å². The molecule has 2 N–H and O–H groups in total. The zero-order valence-corrected chi connectivity index (χ0v) is 8.23.